The largest absolute Gasteiger partial charge is 0.349 e. The molecule has 1 amide bonds. The summed E-state index contributed by atoms with van der Waals surface area (Å²) in [5.74, 6) is 0.263. The molecule has 2 heteroatoms. The van der Waals surface area contributed by atoms with Crippen molar-refractivity contribution >= 4 is 5.91 Å². The molecule has 0 N–H and O–H groups in total. The highest BCUT2D eigenvalue weighted by molar-refractivity contribution is 5.75. The summed E-state index contributed by atoms with van der Waals surface area (Å²) >= 11 is 0. The van der Waals surface area contributed by atoms with Crippen LogP contribution in [0.3, 0.4) is 0 Å². The number of rotatable bonds is 8. The Morgan fingerprint density at radius 1 is 0.875 bits per heavy atom. The van der Waals surface area contributed by atoms with E-state index >= 15 is 0 Å². The molecule has 0 radical (unpaired) electrons. The summed E-state index contributed by atoms with van der Waals surface area (Å²) < 4.78 is 0. The van der Waals surface area contributed by atoms with Gasteiger partial charge < -0.3 is 4.90 Å². The molecular formula is C14H31NO. The molecule has 0 spiro atoms. The van der Waals surface area contributed by atoms with Crippen molar-refractivity contribution in [2.75, 3.05) is 14.1 Å². The van der Waals surface area contributed by atoms with E-state index in [9.17, 15) is 4.79 Å². The first-order chi connectivity index (χ1) is 7.68. The molecule has 0 aliphatic heterocycles. The predicted octanol–water partition coefficient (Wildman–Crippen LogP) is 4.24. The van der Waals surface area contributed by atoms with E-state index in [0.29, 0.717) is 0 Å². The lowest BCUT2D eigenvalue weighted by molar-refractivity contribution is -0.128. The Morgan fingerprint density at radius 3 is 1.75 bits per heavy atom. The number of carbonyl (C=O) groups excluding carboxylic acids is 1. The molecule has 0 rings (SSSR count). The number of nitrogens with zero attached hydrogens (tertiary/aromatic N) is 1. The Morgan fingerprint density at radius 2 is 1.31 bits per heavy atom. The van der Waals surface area contributed by atoms with Crippen LogP contribution in [-0.4, -0.2) is 24.9 Å². The fraction of sp³-hybridized carbons (Fsp3) is 0.929. The van der Waals surface area contributed by atoms with Crippen LogP contribution in [0, 0.1) is 0 Å². The Kier molecular flexibility index (Phi) is 16.1. The van der Waals surface area contributed by atoms with Gasteiger partial charge in [0.2, 0.25) is 5.91 Å². The molecule has 0 saturated heterocycles. The van der Waals surface area contributed by atoms with Crippen molar-refractivity contribution in [2.45, 2.75) is 72.1 Å². The zero-order valence-electron chi connectivity index (χ0n) is 12.0. The van der Waals surface area contributed by atoms with Crippen molar-refractivity contribution in [3.8, 4) is 0 Å². The molecule has 0 aromatic rings. The highest BCUT2D eigenvalue weighted by Crippen LogP contribution is 2.08. The van der Waals surface area contributed by atoms with E-state index in [4.69, 9.17) is 0 Å². The van der Waals surface area contributed by atoms with Gasteiger partial charge in [-0.05, 0) is 6.42 Å². The van der Waals surface area contributed by atoms with Gasteiger partial charge in [-0.3, -0.25) is 4.79 Å². The Bertz CT molecular complexity index is 144. The van der Waals surface area contributed by atoms with Crippen LogP contribution >= 0.6 is 0 Å². The molecule has 0 bridgehead atoms. The maximum absolute atomic E-state index is 11.2. The lowest BCUT2D eigenvalue weighted by atomic mass is 10.1. The van der Waals surface area contributed by atoms with Crippen molar-refractivity contribution in [3.05, 3.63) is 0 Å². The minimum absolute atomic E-state index is 0.263. The minimum Gasteiger partial charge on any atom is -0.349 e. The van der Waals surface area contributed by atoms with E-state index in [1.54, 1.807) is 4.90 Å². The maximum atomic E-state index is 11.2. The molecule has 0 aliphatic rings. The normalized spacial score (nSPS) is 9.31. The fourth-order valence-corrected chi connectivity index (χ4v) is 1.46. The average Bonchev–Trinajstić information content (AvgIpc) is 2.30. The number of hydrogen-bond donors (Lipinski definition) is 0. The third-order valence-corrected chi connectivity index (χ3v) is 2.49. The second-order valence-electron chi connectivity index (χ2n) is 4.16. The monoisotopic (exact) mass is 229 g/mol. The highest BCUT2D eigenvalue weighted by atomic mass is 16.2. The summed E-state index contributed by atoms with van der Waals surface area (Å²) in [5.41, 5.74) is 0. The molecule has 0 fully saturated rings. The first kappa shape index (κ1) is 17.9. The summed E-state index contributed by atoms with van der Waals surface area (Å²) in [7, 11) is 3.65. The van der Waals surface area contributed by atoms with Gasteiger partial charge in [0.15, 0.2) is 0 Å². The molecule has 2 nitrogen and oxygen atoms in total. The highest BCUT2D eigenvalue weighted by Gasteiger charge is 2.02. The fourth-order valence-electron chi connectivity index (χ4n) is 1.46. The first-order valence-electron chi connectivity index (χ1n) is 6.88. The van der Waals surface area contributed by atoms with Crippen LogP contribution < -0.4 is 0 Å². The molecule has 16 heavy (non-hydrogen) atoms. The van der Waals surface area contributed by atoms with Gasteiger partial charge >= 0.3 is 0 Å². The second kappa shape index (κ2) is 14.5. The van der Waals surface area contributed by atoms with E-state index in [-0.39, 0.29) is 5.91 Å². The third-order valence-electron chi connectivity index (χ3n) is 2.49. The van der Waals surface area contributed by atoms with Gasteiger partial charge in [-0.25, -0.2) is 0 Å². The van der Waals surface area contributed by atoms with E-state index in [1.165, 1.54) is 38.5 Å². The summed E-state index contributed by atoms with van der Waals surface area (Å²) in [6, 6.07) is 0. The summed E-state index contributed by atoms with van der Waals surface area (Å²) in [6.07, 6.45) is 9.64. The molecular weight excluding hydrogens is 198 g/mol. The van der Waals surface area contributed by atoms with Gasteiger partial charge in [-0.2, -0.15) is 0 Å². The molecule has 0 aliphatic carbocycles. The van der Waals surface area contributed by atoms with Crippen LogP contribution in [0.4, 0.5) is 0 Å². The summed E-state index contributed by atoms with van der Waals surface area (Å²) in [5, 5.41) is 0. The minimum atomic E-state index is 0.263. The zero-order valence-corrected chi connectivity index (χ0v) is 12.0. The van der Waals surface area contributed by atoms with Crippen molar-refractivity contribution in [2.24, 2.45) is 0 Å². The molecule has 0 saturated carbocycles. The Balaban J connectivity index is 0. The van der Waals surface area contributed by atoms with E-state index in [2.05, 4.69) is 6.92 Å². The number of unbranched alkanes of at least 4 members (excludes halogenated alkanes) is 6. The van der Waals surface area contributed by atoms with E-state index < -0.39 is 0 Å². The topological polar surface area (TPSA) is 20.3 Å². The first-order valence-corrected chi connectivity index (χ1v) is 6.88. The van der Waals surface area contributed by atoms with Gasteiger partial charge in [0, 0.05) is 20.5 Å². The number of hydrogen-bond acceptors (Lipinski definition) is 1. The van der Waals surface area contributed by atoms with Crippen LogP contribution in [0.1, 0.15) is 72.1 Å². The second-order valence-corrected chi connectivity index (χ2v) is 4.16. The van der Waals surface area contributed by atoms with Crippen molar-refractivity contribution in [1.82, 2.24) is 4.90 Å². The van der Waals surface area contributed by atoms with Gasteiger partial charge in [0.05, 0.1) is 0 Å². The summed E-state index contributed by atoms with van der Waals surface area (Å²) in [4.78, 5) is 12.9. The summed E-state index contributed by atoms with van der Waals surface area (Å²) in [6.45, 7) is 6.23. The standard InChI is InChI=1S/C12H25NO.C2H6/c1-4-5-6-7-8-9-10-11-12(14)13(2)3;1-2/h4-11H2,1-3H3;1-2H3. The van der Waals surface area contributed by atoms with Gasteiger partial charge in [0.25, 0.3) is 0 Å². The quantitative estimate of drug-likeness (QED) is 0.570. The van der Waals surface area contributed by atoms with Crippen LogP contribution in [0.2, 0.25) is 0 Å². The SMILES string of the molecule is CC.CCCCCCCCCC(=O)N(C)C. The molecule has 0 atom stereocenters. The molecule has 98 valence electrons. The zero-order chi connectivity index (χ0) is 12.8. The van der Waals surface area contributed by atoms with Crippen molar-refractivity contribution in [3.63, 3.8) is 0 Å². The Hall–Kier alpha value is -0.530. The van der Waals surface area contributed by atoms with E-state index in [1.807, 2.05) is 27.9 Å². The van der Waals surface area contributed by atoms with E-state index in [0.717, 1.165) is 12.8 Å². The predicted molar refractivity (Wildman–Crippen MR) is 72.7 cm³/mol. The maximum Gasteiger partial charge on any atom is 0.222 e. The van der Waals surface area contributed by atoms with Crippen molar-refractivity contribution in [1.29, 1.82) is 0 Å². The molecule has 0 aromatic carbocycles. The lowest BCUT2D eigenvalue weighted by Crippen LogP contribution is -2.20. The van der Waals surface area contributed by atoms with Crippen LogP contribution in [0.15, 0.2) is 0 Å². The van der Waals surface area contributed by atoms with Gasteiger partial charge in [-0.1, -0.05) is 59.3 Å². The van der Waals surface area contributed by atoms with Gasteiger partial charge in [0.1, 0.15) is 0 Å². The Labute approximate surface area is 102 Å². The molecule has 0 aromatic heterocycles. The molecule has 0 heterocycles. The lowest BCUT2D eigenvalue weighted by Gasteiger charge is -2.09. The van der Waals surface area contributed by atoms with Crippen LogP contribution in [-0.2, 0) is 4.79 Å². The molecule has 0 unspecified atom stereocenters. The average molecular weight is 229 g/mol. The van der Waals surface area contributed by atoms with Gasteiger partial charge in [-0.15, -0.1) is 0 Å². The smallest absolute Gasteiger partial charge is 0.222 e. The van der Waals surface area contributed by atoms with Crippen LogP contribution in [0.25, 0.3) is 0 Å². The number of amides is 1. The third kappa shape index (κ3) is 13.5. The number of carbonyl (C=O) groups is 1. The van der Waals surface area contributed by atoms with Crippen molar-refractivity contribution < 1.29 is 4.79 Å². The van der Waals surface area contributed by atoms with Crippen LogP contribution in [0.5, 0.6) is 0 Å².